The van der Waals surface area contributed by atoms with E-state index in [-0.39, 0.29) is 16.4 Å². The van der Waals surface area contributed by atoms with E-state index in [0.29, 0.717) is 17.3 Å². The van der Waals surface area contributed by atoms with Crippen LogP contribution in [-0.2, 0) is 6.42 Å². The van der Waals surface area contributed by atoms with Crippen LogP contribution >= 0.6 is 23.8 Å². The quantitative estimate of drug-likeness (QED) is 0.331. The Morgan fingerprint density at radius 2 is 1.89 bits per heavy atom. The predicted octanol–water partition coefficient (Wildman–Crippen LogP) is 2.64. The van der Waals surface area contributed by atoms with Gasteiger partial charge in [0.15, 0.2) is 5.11 Å². The lowest BCUT2D eigenvalue weighted by Gasteiger charge is -2.12. The molecular formula is C17H18ClN5O3S. The molecule has 0 saturated heterocycles. The fourth-order valence-electron chi connectivity index (χ4n) is 2.24. The van der Waals surface area contributed by atoms with Gasteiger partial charge < -0.3 is 10.6 Å². The summed E-state index contributed by atoms with van der Waals surface area (Å²) in [6.45, 7) is 0.561. The van der Waals surface area contributed by atoms with E-state index in [0.717, 1.165) is 12.0 Å². The first-order valence-corrected chi connectivity index (χ1v) is 8.74. The standard InChI is InChI=1S/C17H18ClN5O3S/c1-19-14-7-4-12(10-15(14)23(25)26)16(24)21-22-17(27)20-9-8-11-2-5-13(18)6-3-11/h2-7,10,19H,8-9H2,1H3,(H,21,24)(H2,20,22,27). The van der Waals surface area contributed by atoms with Crippen LogP contribution in [0.15, 0.2) is 42.5 Å². The number of nitro groups is 1. The molecule has 0 aliphatic heterocycles. The van der Waals surface area contributed by atoms with Gasteiger partial charge in [-0.3, -0.25) is 25.8 Å². The Balaban J connectivity index is 1.82. The Morgan fingerprint density at radius 3 is 2.52 bits per heavy atom. The highest BCUT2D eigenvalue weighted by molar-refractivity contribution is 7.80. The summed E-state index contributed by atoms with van der Waals surface area (Å²) < 4.78 is 0. The van der Waals surface area contributed by atoms with E-state index in [9.17, 15) is 14.9 Å². The molecule has 0 bridgehead atoms. The smallest absolute Gasteiger partial charge is 0.293 e. The number of nitrogens with zero attached hydrogens (tertiary/aromatic N) is 1. The lowest BCUT2D eigenvalue weighted by molar-refractivity contribution is -0.384. The van der Waals surface area contributed by atoms with Crippen LogP contribution in [0.5, 0.6) is 0 Å². The molecule has 2 aromatic carbocycles. The molecule has 8 nitrogen and oxygen atoms in total. The summed E-state index contributed by atoms with van der Waals surface area (Å²) in [7, 11) is 1.57. The number of halogens is 1. The van der Waals surface area contributed by atoms with Crippen molar-refractivity contribution in [3.63, 3.8) is 0 Å². The molecule has 0 atom stereocenters. The van der Waals surface area contributed by atoms with Gasteiger partial charge in [-0.05, 0) is 48.5 Å². The maximum atomic E-state index is 12.1. The maximum absolute atomic E-state index is 12.1. The Kier molecular flexibility index (Phi) is 7.33. The molecule has 0 unspecified atom stereocenters. The van der Waals surface area contributed by atoms with Crippen LogP contribution in [0.3, 0.4) is 0 Å². The second-order valence-electron chi connectivity index (χ2n) is 5.45. The molecule has 0 radical (unpaired) electrons. The van der Waals surface area contributed by atoms with Crippen molar-refractivity contribution in [2.24, 2.45) is 0 Å². The predicted molar refractivity (Wildman–Crippen MR) is 109 cm³/mol. The summed E-state index contributed by atoms with van der Waals surface area (Å²) in [6, 6.07) is 11.6. The molecule has 1 amide bonds. The van der Waals surface area contributed by atoms with Gasteiger partial charge in [0.25, 0.3) is 11.6 Å². The third-order valence-corrected chi connectivity index (χ3v) is 4.13. The lowest BCUT2D eigenvalue weighted by Crippen LogP contribution is -2.47. The number of rotatable bonds is 6. The summed E-state index contributed by atoms with van der Waals surface area (Å²) in [5.74, 6) is -0.539. The average Bonchev–Trinajstić information content (AvgIpc) is 2.67. The topological polar surface area (TPSA) is 108 Å². The van der Waals surface area contributed by atoms with Crippen LogP contribution in [-0.4, -0.2) is 29.5 Å². The summed E-state index contributed by atoms with van der Waals surface area (Å²) in [5, 5.41) is 17.6. The van der Waals surface area contributed by atoms with Crippen LogP contribution < -0.4 is 21.5 Å². The molecule has 0 aliphatic carbocycles. The molecule has 0 aliphatic rings. The van der Waals surface area contributed by atoms with Gasteiger partial charge >= 0.3 is 0 Å². The van der Waals surface area contributed by atoms with Gasteiger partial charge in [-0.1, -0.05) is 23.7 Å². The SMILES string of the molecule is CNc1ccc(C(=O)NNC(=S)NCCc2ccc(Cl)cc2)cc1[N+](=O)[O-]. The molecule has 2 rings (SSSR count). The molecular weight excluding hydrogens is 390 g/mol. The van der Waals surface area contributed by atoms with Crippen molar-refractivity contribution in [2.45, 2.75) is 6.42 Å². The van der Waals surface area contributed by atoms with Gasteiger partial charge in [0.1, 0.15) is 5.69 Å². The Morgan fingerprint density at radius 1 is 1.19 bits per heavy atom. The number of benzene rings is 2. The van der Waals surface area contributed by atoms with Crippen LogP contribution in [0.4, 0.5) is 11.4 Å². The third-order valence-electron chi connectivity index (χ3n) is 3.63. The van der Waals surface area contributed by atoms with Crippen LogP contribution in [0.25, 0.3) is 0 Å². The zero-order valence-corrected chi connectivity index (χ0v) is 16.0. The molecule has 0 fully saturated rings. The van der Waals surface area contributed by atoms with Crippen molar-refractivity contribution < 1.29 is 9.72 Å². The molecule has 27 heavy (non-hydrogen) atoms. The number of nitrogens with one attached hydrogen (secondary N) is 4. The van der Waals surface area contributed by atoms with Crippen molar-refractivity contribution in [3.05, 3.63) is 68.7 Å². The maximum Gasteiger partial charge on any atom is 0.293 e. The second-order valence-corrected chi connectivity index (χ2v) is 6.30. The molecule has 0 saturated carbocycles. The number of amides is 1. The van der Waals surface area contributed by atoms with E-state index in [1.165, 1.54) is 18.2 Å². The zero-order chi connectivity index (χ0) is 19.8. The van der Waals surface area contributed by atoms with Gasteiger partial charge in [0.2, 0.25) is 0 Å². The number of carbonyl (C=O) groups is 1. The monoisotopic (exact) mass is 407 g/mol. The zero-order valence-electron chi connectivity index (χ0n) is 14.4. The highest BCUT2D eigenvalue weighted by atomic mass is 35.5. The Hall–Kier alpha value is -2.91. The second kappa shape index (κ2) is 9.70. The molecule has 10 heteroatoms. The summed E-state index contributed by atoms with van der Waals surface area (Å²) in [6.07, 6.45) is 0.727. The average molecular weight is 408 g/mol. The molecule has 0 spiro atoms. The number of thiocarbonyl (C=S) groups is 1. The highest BCUT2D eigenvalue weighted by Crippen LogP contribution is 2.24. The minimum absolute atomic E-state index is 0.136. The number of nitro benzene ring substituents is 1. The van der Waals surface area contributed by atoms with E-state index in [1.54, 1.807) is 7.05 Å². The number of anilines is 1. The molecule has 0 aromatic heterocycles. The summed E-state index contributed by atoms with van der Waals surface area (Å²) in [5.41, 5.74) is 6.34. The van der Waals surface area contributed by atoms with Gasteiger partial charge in [-0.2, -0.15) is 0 Å². The fraction of sp³-hybridized carbons (Fsp3) is 0.176. The van der Waals surface area contributed by atoms with Crippen molar-refractivity contribution in [2.75, 3.05) is 18.9 Å². The van der Waals surface area contributed by atoms with E-state index in [2.05, 4.69) is 21.5 Å². The molecule has 142 valence electrons. The Labute approximate surface area is 166 Å². The van der Waals surface area contributed by atoms with Crippen molar-refractivity contribution in [3.8, 4) is 0 Å². The van der Waals surface area contributed by atoms with Crippen molar-refractivity contribution in [1.82, 2.24) is 16.2 Å². The minimum Gasteiger partial charge on any atom is -0.383 e. The van der Waals surface area contributed by atoms with Gasteiger partial charge in [0, 0.05) is 30.2 Å². The normalized spacial score (nSPS) is 10.0. The Bertz CT molecular complexity index is 845. The van der Waals surface area contributed by atoms with Gasteiger partial charge in [0.05, 0.1) is 4.92 Å². The largest absolute Gasteiger partial charge is 0.383 e. The molecule has 2 aromatic rings. The van der Waals surface area contributed by atoms with Gasteiger partial charge in [-0.15, -0.1) is 0 Å². The summed E-state index contributed by atoms with van der Waals surface area (Å²) >= 11 is 10.9. The number of hydrogen-bond donors (Lipinski definition) is 4. The van der Waals surface area contributed by atoms with E-state index >= 15 is 0 Å². The van der Waals surface area contributed by atoms with E-state index in [1.807, 2.05) is 24.3 Å². The first kappa shape index (κ1) is 20.4. The number of hydrogen-bond acceptors (Lipinski definition) is 5. The lowest BCUT2D eigenvalue weighted by atomic mass is 10.1. The number of carbonyl (C=O) groups excluding carboxylic acids is 1. The minimum atomic E-state index is -0.557. The van der Waals surface area contributed by atoms with Crippen molar-refractivity contribution in [1.29, 1.82) is 0 Å². The third kappa shape index (κ3) is 6.08. The first-order chi connectivity index (χ1) is 12.9. The van der Waals surface area contributed by atoms with Crippen LogP contribution in [0.2, 0.25) is 5.02 Å². The molecule has 4 N–H and O–H groups in total. The van der Waals surface area contributed by atoms with E-state index < -0.39 is 10.8 Å². The molecule has 0 heterocycles. The van der Waals surface area contributed by atoms with E-state index in [4.69, 9.17) is 23.8 Å². The summed E-state index contributed by atoms with van der Waals surface area (Å²) in [4.78, 5) is 22.6. The number of hydrazine groups is 1. The first-order valence-electron chi connectivity index (χ1n) is 7.95. The highest BCUT2D eigenvalue weighted by Gasteiger charge is 2.16. The van der Waals surface area contributed by atoms with Crippen molar-refractivity contribution >= 4 is 46.2 Å². The van der Waals surface area contributed by atoms with Crippen LogP contribution in [0.1, 0.15) is 15.9 Å². The van der Waals surface area contributed by atoms with Gasteiger partial charge in [-0.25, -0.2) is 0 Å². The fourth-order valence-corrected chi connectivity index (χ4v) is 2.52. The van der Waals surface area contributed by atoms with Crippen LogP contribution in [0, 0.1) is 10.1 Å².